The first-order chi connectivity index (χ1) is 37.6. The Labute approximate surface area is 476 Å². The van der Waals surface area contributed by atoms with E-state index in [4.69, 9.17) is 4.74 Å². The van der Waals surface area contributed by atoms with Crippen molar-refractivity contribution >= 4 is 57.3 Å². The van der Waals surface area contributed by atoms with Crippen LogP contribution in [0.5, 0.6) is 5.75 Å². The summed E-state index contributed by atoms with van der Waals surface area (Å²) in [5.41, 5.74) is 13.9. The molecule has 6 aromatic carbocycles. The van der Waals surface area contributed by atoms with Gasteiger partial charge in [0.05, 0.1) is 40.7 Å². The largest absolute Gasteiger partial charge is 0.490 e. The number of benzene rings is 6. The third kappa shape index (κ3) is 15.6. The molecule has 0 amide bonds. The summed E-state index contributed by atoms with van der Waals surface area (Å²) in [4.78, 5) is 18.5. The van der Waals surface area contributed by atoms with Crippen LogP contribution in [0.4, 0.5) is 45.5 Å². The predicted octanol–water partition coefficient (Wildman–Crippen LogP) is 15.3. The molecule has 1 N–H and O–H groups in total. The zero-order valence-corrected chi connectivity index (χ0v) is 50.8. The summed E-state index contributed by atoms with van der Waals surface area (Å²) < 4.78 is 5.56. The molecule has 12 rings (SSSR count). The first kappa shape index (κ1) is 59.5. The standard InChI is InChI=1S/C12H18N2.C12H17N.C11H16N2.C11H15NO.C11H15NS.C11H15N/c1-10(2)14-9-8-13(3)11-6-4-5-7-12(11)14;1-10(2)13-9-5-7-11-6-3-4-8-12(11)13;1-9(2)13-8-7-12-10-5-3-4-6-11(10)13;2*1-9(2)12-7-8-13-11-6-4-3-5-10(11)12;1-9(2)12-8-7-10-5-3-4-6-11(10)12/h4-7,10H,8-9H2,1-3H3;3-4,6,8,10H,5,7,9H2,1-2H3;3-6,9,12H,7-8H2,1-2H3;2*3-6,9H,7-8H2,1-2H3;3-6,9H,7-8H2,1-2H3. The highest BCUT2D eigenvalue weighted by Gasteiger charge is 2.24. The first-order valence-electron chi connectivity index (χ1n) is 29.5. The lowest BCUT2D eigenvalue weighted by Crippen LogP contribution is -2.42. The van der Waals surface area contributed by atoms with Crippen LogP contribution in [-0.2, 0) is 12.8 Å². The van der Waals surface area contributed by atoms with Crippen molar-refractivity contribution in [2.75, 3.05) is 111 Å². The highest BCUT2D eigenvalue weighted by atomic mass is 32.2. The average Bonchev–Trinajstić information content (AvgIpc) is 3.93. The van der Waals surface area contributed by atoms with Gasteiger partial charge in [0.15, 0.2) is 0 Å². The number of hydrogen-bond acceptors (Lipinski definition) is 10. The maximum absolute atomic E-state index is 5.56. The van der Waals surface area contributed by atoms with Crippen LogP contribution < -0.4 is 44.4 Å². The van der Waals surface area contributed by atoms with Gasteiger partial charge in [-0.2, -0.15) is 0 Å². The van der Waals surface area contributed by atoms with Gasteiger partial charge in [-0.25, -0.2) is 0 Å². The van der Waals surface area contributed by atoms with Gasteiger partial charge in [0, 0.05) is 111 Å². The lowest BCUT2D eigenvalue weighted by atomic mass is 10.0. The molecule has 0 saturated carbocycles. The molecule has 0 aromatic heterocycles. The Hall–Kier alpha value is -6.13. The minimum Gasteiger partial charge on any atom is -0.490 e. The molecule has 0 aliphatic carbocycles. The quantitative estimate of drug-likeness (QED) is 0.174. The summed E-state index contributed by atoms with van der Waals surface area (Å²) in [5, 5.41) is 3.41. The number of fused-ring (bicyclic) bond motifs is 6. The van der Waals surface area contributed by atoms with Gasteiger partial charge in [-0.3, -0.25) is 0 Å². The minimum absolute atomic E-state index is 0.546. The number of nitrogens with zero attached hydrogens (tertiary/aromatic N) is 7. The number of thioether (sulfide) groups is 1. The Bertz CT molecular complexity index is 2490. The van der Waals surface area contributed by atoms with Crippen LogP contribution in [0.1, 0.15) is 101 Å². The predicted molar refractivity (Wildman–Crippen MR) is 344 cm³/mol. The molecule has 0 spiro atoms. The summed E-state index contributed by atoms with van der Waals surface area (Å²) in [7, 11) is 2.16. The molecule has 0 atom stereocenters. The number of ether oxygens (including phenoxy) is 1. The molecule has 420 valence electrons. The Morgan fingerprint density at radius 3 is 1.46 bits per heavy atom. The smallest absolute Gasteiger partial charge is 0.142 e. The zero-order chi connectivity index (χ0) is 55.7. The Morgan fingerprint density at radius 1 is 0.385 bits per heavy atom. The molecule has 0 fully saturated rings. The average molecular weight is 1070 g/mol. The molecule has 0 bridgehead atoms. The molecule has 0 radical (unpaired) electrons. The minimum atomic E-state index is 0.546. The highest BCUT2D eigenvalue weighted by molar-refractivity contribution is 7.99. The normalized spacial score (nSPS) is 15.8. The number of aryl methyl sites for hydroxylation is 1. The molecule has 6 heterocycles. The number of rotatable bonds is 6. The van der Waals surface area contributed by atoms with E-state index in [0.29, 0.717) is 36.3 Å². The fourth-order valence-electron chi connectivity index (χ4n) is 11.4. The third-order valence-corrected chi connectivity index (χ3v) is 16.5. The zero-order valence-electron chi connectivity index (χ0n) is 50.0. The van der Waals surface area contributed by atoms with Gasteiger partial charge in [-0.1, -0.05) is 84.9 Å². The number of anilines is 8. The van der Waals surface area contributed by atoms with Gasteiger partial charge in [-0.05, 0) is 174 Å². The molecule has 6 aliphatic rings. The molecule has 0 unspecified atom stereocenters. The number of hydrogen-bond donors (Lipinski definition) is 1. The van der Waals surface area contributed by atoms with Crippen molar-refractivity contribution < 1.29 is 4.74 Å². The van der Waals surface area contributed by atoms with Crippen LogP contribution in [-0.4, -0.2) is 108 Å². The second-order valence-corrected chi connectivity index (χ2v) is 24.0. The molecule has 6 aliphatic heterocycles. The van der Waals surface area contributed by atoms with Gasteiger partial charge in [0.25, 0.3) is 0 Å². The summed E-state index contributed by atoms with van der Waals surface area (Å²) >= 11 is 1.97. The van der Waals surface area contributed by atoms with Crippen molar-refractivity contribution in [3.05, 3.63) is 157 Å². The van der Waals surface area contributed by atoms with E-state index >= 15 is 0 Å². The fraction of sp³-hybridized carbons (Fsp3) is 0.471. The van der Waals surface area contributed by atoms with Crippen LogP contribution in [0.15, 0.2) is 150 Å². The highest BCUT2D eigenvalue weighted by Crippen LogP contribution is 2.37. The maximum atomic E-state index is 5.56. The van der Waals surface area contributed by atoms with Gasteiger partial charge in [0.1, 0.15) is 12.4 Å². The monoisotopic (exact) mass is 1070 g/mol. The SMILES string of the molecule is CC(C)N1CCCc2ccccc21.CC(C)N1CCN(C)c2ccccc21.CC(C)N1CCNc2ccccc21.CC(C)N1CCOc2ccccc21.CC(C)N1CCSc2ccccc21.CC(C)N1CCc2ccccc21. The molecule has 78 heavy (non-hydrogen) atoms. The van der Waals surface area contributed by atoms with Crippen molar-refractivity contribution in [1.82, 2.24) is 0 Å². The van der Waals surface area contributed by atoms with E-state index in [1.165, 1.54) is 106 Å². The van der Waals surface area contributed by atoms with E-state index in [0.717, 1.165) is 45.1 Å². The molecule has 9 nitrogen and oxygen atoms in total. The second kappa shape index (κ2) is 29.2. The van der Waals surface area contributed by atoms with E-state index in [1.54, 1.807) is 0 Å². The van der Waals surface area contributed by atoms with E-state index in [9.17, 15) is 0 Å². The molecule has 6 aromatic rings. The summed E-state index contributed by atoms with van der Waals surface area (Å²) in [5.74, 6) is 2.23. The molecular formula is C68H96N8OS. The Kier molecular flexibility index (Phi) is 22.3. The van der Waals surface area contributed by atoms with Crippen molar-refractivity contribution in [2.24, 2.45) is 0 Å². The van der Waals surface area contributed by atoms with Crippen molar-refractivity contribution in [3.63, 3.8) is 0 Å². The second-order valence-electron chi connectivity index (χ2n) is 22.8. The van der Waals surface area contributed by atoms with Gasteiger partial charge >= 0.3 is 0 Å². The van der Waals surface area contributed by atoms with E-state index < -0.39 is 0 Å². The maximum Gasteiger partial charge on any atom is 0.142 e. The summed E-state index contributed by atoms with van der Waals surface area (Å²) in [6.07, 6.45) is 3.77. The molecule has 10 heteroatoms. The first-order valence-corrected chi connectivity index (χ1v) is 30.4. The van der Waals surface area contributed by atoms with Crippen LogP contribution >= 0.6 is 11.8 Å². The van der Waals surface area contributed by atoms with Crippen molar-refractivity contribution in [1.29, 1.82) is 0 Å². The van der Waals surface area contributed by atoms with Crippen molar-refractivity contribution in [2.45, 2.75) is 143 Å². The van der Waals surface area contributed by atoms with Crippen LogP contribution in [0.2, 0.25) is 0 Å². The number of likely N-dealkylation sites (N-methyl/N-ethyl adjacent to an activating group) is 1. The molecule has 0 saturated heterocycles. The lowest BCUT2D eigenvalue weighted by molar-refractivity contribution is 0.303. The van der Waals surface area contributed by atoms with Gasteiger partial charge in [-0.15, -0.1) is 11.8 Å². The summed E-state index contributed by atoms with van der Waals surface area (Å²) in [6, 6.07) is 55.1. The fourth-order valence-corrected chi connectivity index (χ4v) is 12.4. The Morgan fingerprint density at radius 2 is 0.833 bits per heavy atom. The Balaban J connectivity index is 0.000000136. The van der Waals surface area contributed by atoms with Crippen LogP contribution in [0, 0.1) is 0 Å². The van der Waals surface area contributed by atoms with E-state index in [-0.39, 0.29) is 0 Å². The van der Waals surface area contributed by atoms with Gasteiger partial charge in [0.2, 0.25) is 0 Å². The lowest BCUT2D eigenvalue weighted by Gasteiger charge is -2.39. The van der Waals surface area contributed by atoms with Crippen LogP contribution in [0.25, 0.3) is 0 Å². The van der Waals surface area contributed by atoms with Crippen LogP contribution in [0.3, 0.4) is 0 Å². The third-order valence-electron chi connectivity index (χ3n) is 15.5. The van der Waals surface area contributed by atoms with E-state index in [2.05, 4.69) is 263 Å². The van der Waals surface area contributed by atoms with Crippen molar-refractivity contribution in [3.8, 4) is 5.75 Å². The molecular weight excluding hydrogens is 977 g/mol. The number of nitrogens with one attached hydrogen (secondary N) is 1. The van der Waals surface area contributed by atoms with Gasteiger partial charge < -0.3 is 44.4 Å². The topological polar surface area (TPSA) is 43.9 Å². The van der Waals surface area contributed by atoms with E-state index in [1.807, 2.05) is 23.9 Å². The summed E-state index contributed by atoms with van der Waals surface area (Å²) in [6.45, 7) is 36.7. The number of para-hydroxylation sites is 9.